The average molecular weight is 448 g/mol. The van der Waals surface area contributed by atoms with E-state index >= 15 is 0 Å². The van der Waals surface area contributed by atoms with Crippen molar-refractivity contribution in [3.8, 4) is 0 Å². The molecule has 0 saturated carbocycles. The number of hydrogen-bond acceptors (Lipinski definition) is 4. The van der Waals surface area contributed by atoms with Crippen molar-refractivity contribution >= 4 is 5.69 Å². The van der Waals surface area contributed by atoms with E-state index in [0.717, 1.165) is 17.7 Å². The molecule has 170 valence electrons. The first kappa shape index (κ1) is 22.3. The number of aliphatic hydroxyl groups excluding tert-OH is 1. The summed E-state index contributed by atoms with van der Waals surface area (Å²) < 4.78 is 54.8. The van der Waals surface area contributed by atoms with Gasteiger partial charge < -0.3 is 14.6 Å². The van der Waals surface area contributed by atoms with E-state index in [1.54, 1.807) is 36.1 Å². The molecule has 0 radical (unpaired) electrons. The van der Waals surface area contributed by atoms with E-state index in [9.17, 15) is 22.7 Å². The highest BCUT2D eigenvalue weighted by atomic mass is 19.4. The van der Waals surface area contributed by atoms with E-state index in [4.69, 9.17) is 0 Å². The fraction of sp³-hybridized carbons (Fsp3) is 0.348. The summed E-state index contributed by atoms with van der Waals surface area (Å²) in [5.74, 6) is 0.0183. The van der Waals surface area contributed by atoms with Crippen LogP contribution >= 0.6 is 0 Å². The van der Waals surface area contributed by atoms with Gasteiger partial charge >= 0.3 is 6.18 Å². The number of halogens is 4. The van der Waals surface area contributed by atoms with Crippen LogP contribution in [0.2, 0.25) is 0 Å². The number of rotatable bonds is 5. The molecule has 2 aromatic carbocycles. The van der Waals surface area contributed by atoms with Gasteiger partial charge in [-0.15, -0.1) is 0 Å². The Hall–Kier alpha value is -2.91. The number of benzene rings is 2. The lowest BCUT2D eigenvalue weighted by Crippen LogP contribution is -2.46. The Kier molecular flexibility index (Phi) is 6.21. The van der Waals surface area contributed by atoms with Crippen LogP contribution in [0, 0.1) is 5.82 Å². The molecular formula is C23H24F4N4O. The molecule has 1 aromatic heterocycles. The fourth-order valence-electron chi connectivity index (χ4n) is 4.05. The number of anilines is 1. The van der Waals surface area contributed by atoms with Gasteiger partial charge in [0.1, 0.15) is 17.7 Å². The molecule has 0 bridgehead atoms. The van der Waals surface area contributed by atoms with Gasteiger partial charge in [0.25, 0.3) is 0 Å². The number of para-hydroxylation sites is 1. The second kappa shape index (κ2) is 8.91. The molecule has 1 fully saturated rings. The van der Waals surface area contributed by atoms with Crippen molar-refractivity contribution in [2.75, 3.05) is 31.1 Å². The number of aliphatic hydroxyl groups is 1. The smallest absolute Gasteiger partial charge is 0.380 e. The average Bonchev–Trinajstić information content (AvgIpc) is 3.19. The van der Waals surface area contributed by atoms with E-state index in [1.807, 2.05) is 4.90 Å². The highest BCUT2D eigenvalue weighted by Crippen LogP contribution is 2.33. The molecule has 4 rings (SSSR count). The molecule has 0 amide bonds. The summed E-state index contributed by atoms with van der Waals surface area (Å²) in [4.78, 5) is 8.20. The molecule has 0 aliphatic carbocycles. The van der Waals surface area contributed by atoms with Gasteiger partial charge in [0, 0.05) is 57.7 Å². The van der Waals surface area contributed by atoms with Crippen LogP contribution in [-0.4, -0.2) is 45.7 Å². The summed E-state index contributed by atoms with van der Waals surface area (Å²) in [7, 11) is 1.77. The first-order valence-electron chi connectivity index (χ1n) is 10.3. The van der Waals surface area contributed by atoms with E-state index in [2.05, 4.69) is 9.88 Å². The lowest BCUT2D eigenvalue weighted by molar-refractivity contribution is -0.137. The number of aromatic nitrogens is 2. The van der Waals surface area contributed by atoms with Crippen LogP contribution in [0.3, 0.4) is 0 Å². The van der Waals surface area contributed by atoms with Gasteiger partial charge in [0.15, 0.2) is 0 Å². The molecule has 3 aromatic rings. The van der Waals surface area contributed by atoms with Crippen molar-refractivity contribution < 1.29 is 22.7 Å². The molecule has 32 heavy (non-hydrogen) atoms. The lowest BCUT2D eigenvalue weighted by Gasteiger charge is -2.37. The van der Waals surface area contributed by atoms with E-state index in [0.29, 0.717) is 49.8 Å². The SMILES string of the molecule is Cn1ccnc1C(O)c1cccc(F)c1N1CCN(Cc2ccc(C(F)(F)F)cc2)CC1. The second-order valence-electron chi connectivity index (χ2n) is 7.93. The van der Waals surface area contributed by atoms with Crippen molar-refractivity contribution in [2.24, 2.45) is 7.05 Å². The van der Waals surface area contributed by atoms with Crippen LogP contribution in [0.5, 0.6) is 0 Å². The van der Waals surface area contributed by atoms with Crippen LogP contribution in [0.25, 0.3) is 0 Å². The molecule has 1 saturated heterocycles. The number of aryl methyl sites for hydroxylation is 1. The van der Waals surface area contributed by atoms with Crippen LogP contribution < -0.4 is 4.90 Å². The zero-order chi connectivity index (χ0) is 22.9. The summed E-state index contributed by atoms with van der Waals surface area (Å²) in [5, 5.41) is 10.9. The van der Waals surface area contributed by atoms with Crippen LogP contribution in [0.4, 0.5) is 23.2 Å². The van der Waals surface area contributed by atoms with Gasteiger partial charge in [-0.1, -0.05) is 24.3 Å². The van der Waals surface area contributed by atoms with Crippen LogP contribution in [0.1, 0.15) is 28.6 Å². The third kappa shape index (κ3) is 4.63. The zero-order valence-electron chi connectivity index (χ0n) is 17.6. The van der Waals surface area contributed by atoms with Crippen molar-refractivity contribution in [1.82, 2.24) is 14.5 Å². The number of imidazole rings is 1. The Morgan fingerprint density at radius 1 is 1.03 bits per heavy atom. The van der Waals surface area contributed by atoms with Crippen molar-refractivity contribution in [3.63, 3.8) is 0 Å². The summed E-state index contributed by atoms with van der Waals surface area (Å²) in [6, 6.07) is 9.82. The molecule has 1 atom stereocenters. The number of hydrogen-bond donors (Lipinski definition) is 1. The molecule has 1 unspecified atom stereocenters. The van der Waals surface area contributed by atoms with Gasteiger partial charge in [-0.2, -0.15) is 13.2 Å². The molecule has 0 spiro atoms. The minimum absolute atomic E-state index is 0.359. The largest absolute Gasteiger partial charge is 0.416 e. The van der Waals surface area contributed by atoms with Crippen molar-refractivity contribution in [2.45, 2.75) is 18.8 Å². The Balaban J connectivity index is 1.45. The highest BCUT2D eigenvalue weighted by Gasteiger charge is 2.30. The summed E-state index contributed by atoms with van der Waals surface area (Å²) >= 11 is 0. The van der Waals surface area contributed by atoms with Crippen LogP contribution in [0.15, 0.2) is 54.9 Å². The minimum atomic E-state index is -4.35. The Morgan fingerprint density at radius 3 is 2.31 bits per heavy atom. The van der Waals surface area contributed by atoms with Crippen LogP contribution in [-0.2, 0) is 19.8 Å². The van der Waals surface area contributed by atoms with Gasteiger partial charge in [-0.3, -0.25) is 4.90 Å². The van der Waals surface area contributed by atoms with E-state index in [-0.39, 0.29) is 0 Å². The molecule has 1 aliphatic heterocycles. The van der Waals surface area contributed by atoms with Gasteiger partial charge in [-0.25, -0.2) is 9.37 Å². The Labute approximate surface area is 183 Å². The number of alkyl halides is 3. The third-order valence-corrected chi connectivity index (χ3v) is 5.79. The lowest BCUT2D eigenvalue weighted by atomic mass is 10.0. The molecule has 1 N–H and O–H groups in total. The first-order valence-corrected chi connectivity index (χ1v) is 10.3. The maximum Gasteiger partial charge on any atom is 0.416 e. The van der Waals surface area contributed by atoms with Gasteiger partial charge in [0.05, 0.1) is 11.3 Å². The molecular weight excluding hydrogens is 424 g/mol. The predicted octanol–water partition coefficient (Wildman–Crippen LogP) is 3.98. The second-order valence-corrected chi connectivity index (χ2v) is 7.93. The fourth-order valence-corrected chi connectivity index (χ4v) is 4.05. The zero-order valence-corrected chi connectivity index (χ0v) is 17.6. The summed E-state index contributed by atoms with van der Waals surface area (Å²) in [6.45, 7) is 2.82. The maximum atomic E-state index is 14.8. The summed E-state index contributed by atoms with van der Waals surface area (Å²) in [5.41, 5.74) is 0.945. The standard InChI is InChI=1S/C23H24F4N4O/c1-29-10-9-28-22(29)21(32)18-3-2-4-19(24)20(18)31-13-11-30(12-14-31)15-16-5-7-17(8-6-16)23(25,26)27/h2-10,21,32H,11-15H2,1H3. The van der Waals surface area contributed by atoms with E-state index < -0.39 is 23.7 Å². The maximum absolute atomic E-state index is 14.8. The first-order chi connectivity index (χ1) is 15.2. The minimum Gasteiger partial charge on any atom is -0.380 e. The van der Waals surface area contributed by atoms with E-state index in [1.165, 1.54) is 18.2 Å². The molecule has 5 nitrogen and oxygen atoms in total. The highest BCUT2D eigenvalue weighted by molar-refractivity contribution is 5.57. The monoisotopic (exact) mass is 448 g/mol. The van der Waals surface area contributed by atoms with Gasteiger partial charge in [0.2, 0.25) is 0 Å². The molecule has 1 aliphatic rings. The topological polar surface area (TPSA) is 44.5 Å². The third-order valence-electron chi connectivity index (χ3n) is 5.79. The van der Waals surface area contributed by atoms with Gasteiger partial charge in [-0.05, 0) is 23.8 Å². The number of nitrogens with zero attached hydrogens (tertiary/aromatic N) is 4. The quantitative estimate of drug-likeness (QED) is 0.600. The Morgan fingerprint density at radius 2 is 1.72 bits per heavy atom. The van der Waals surface area contributed by atoms with Crippen molar-refractivity contribution in [1.29, 1.82) is 0 Å². The predicted molar refractivity (Wildman–Crippen MR) is 113 cm³/mol. The normalized spacial score (nSPS) is 16.4. The summed E-state index contributed by atoms with van der Waals surface area (Å²) in [6.07, 6.45) is -2.11. The molecule has 2 heterocycles. The molecule has 9 heteroatoms. The van der Waals surface area contributed by atoms with Crippen molar-refractivity contribution in [3.05, 3.63) is 83.2 Å². The Bertz CT molecular complexity index is 1060. The number of piperazine rings is 1.